The van der Waals surface area contributed by atoms with Gasteiger partial charge in [0.1, 0.15) is 0 Å². The zero-order valence-electron chi connectivity index (χ0n) is 16.9. The Labute approximate surface area is 167 Å². The predicted octanol–water partition coefficient (Wildman–Crippen LogP) is 6.54. The molecule has 0 aromatic heterocycles. The third-order valence-electron chi connectivity index (χ3n) is 3.20. The van der Waals surface area contributed by atoms with Crippen molar-refractivity contribution in [2.45, 2.75) is 84.2 Å². The quantitative estimate of drug-likeness (QED) is 0.300. The molecular formula is C20H37ClNPPd. The first-order chi connectivity index (χ1) is 10.8. The standard InChI is InChI=1S/C12H27P.C8H10N.ClH.Pd/c1-10(2,3)13(11(4,5)6)12(7,8)9;9-7-6-8-4-2-1-3-5-8;;/h1-9H3;1-4H,6-7,9H2;1H;/q;-1;;+2/p-1. The second-order valence-electron chi connectivity index (χ2n) is 8.77. The molecule has 0 radical (unpaired) electrons. The molecule has 144 valence electrons. The molecule has 0 spiro atoms. The van der Waals surface area contributed by atoms with Crippen LogP contribution in [0.15, 0.2) is 24.3 Å². The van der Waals surface area contributed by atoms with Crippen molar-refractivity contribution in [3.8, 4) is 0 Å². The first-order valence-electron chi connectivity index (χ1n) is 8.38. The fourth-order valence-electron chi connectivity index (χ4n) is 3.76. The Balaban J connectivity index is 0. The average Bonchev–Trinajstić information content (AvgIpc) is 2.38. The first kappa shape index (κ1) is 26.8. The van der Waals surface area contributed by atoms with Crippen LogP contribution in [0, 0.1) is 6.07 Å². The Bertz CT molecular complexity index is 383. The molecule has 24 heavy (non-hydrogen) atoms. The molecule has 1 aromatic carbocycles. The minimum absolute atomic E-state index is 0.0162. The first-order valence-corrected chi connectivity index (χ1v) is 11.7. The van der Waals surface area contributed by atoms with Crippen molar-refractivity contribution in [2.75, 3.05) is 6.54 Å². The normalized spacial score (nSPS) is 12.1. The SMILES string of the molecule is CC(C)(C)P(C(C)(C)C)C(C)(C)C.NCCc1[c-]cccc1.[Cl][Pd+]. The van der Waals surface area contributed by atoms with E-state index in [1.165, 1.54) is 5.56 Å². The molecular weight excluding hydrogens is 427 g/mol. The number of nitrogens with two attached hydrogens (primary N) is 1. The maximum atomic E-state index is 5.34. The van der Waals surface area contributed by atoms with E-state index in [9.17, 15) is 0 Å². The van der Waals surface area contributed by atoms with E-state index in [1.807, 2.05) is 24.3 Å². The van der Waals surface area contributed by atoms with Gasteiger partial charge in [-0.2, -0.15) is 35.9 Å². The zero-order chi connectivity index (χ0) is 19.6. The number of rotatable bonds is 2. The Morgan fingerprint density at radius 3 is 1.54 bits per heavy atom. The van der Waals surface area contributed by atoms with Gasteiger partial charge in [-0.1, -0.05) is 70.2 Å². The van der Waals surface area contributed by atoms with Crippen LogP contribution >= 0.6 is 17.5 Å². The van der Waals surface area contributed by atoms with E-state index < -0.39 is 0 Å². The van der Waals surface area contributed by atoms with Crippen molar-refractivity contribution < 1.29 is 18.2 Å². The molecule has 2 N–H and O–H groups in total. The molecule has 0 atom stereocenters. The van der Waals surface area contributed by atoms with Crippen LogP contribution in [0.2, 0.25) is 0 Å². The van der Waals surface area contributed by atoms with E-state index in [0.29, 0.717) is 22.0 Å². The van der Waals surface area contributed by atoms with E-state index >= 15 is 0 Å². The van der Waals surface area contributed by atoms with Gasteiger partial charge in [-0.05, 0) is 28.4 Å². The number of hydrogen-bond donors (Lipinski definition) is 1. The zero-order valence-corrected chi connectivity index (χ0v) is 20.1. The van der Waals surface area contributed by atoms with Crippen LogP contribution in [0.1, 0.15) is 67.9 Å². The summed E-state index contributed by atoms with van der Waals surface area (Å²) in [5.41, 5.74) is 6.53. The third kappa shape index (κ3) is 12.0. The average molecular weight is 464 g/mol. The van der Waals surface area contributed by atoms with Gasteiger partial charge in [0.2, 0.25) is 0 Å². The molecule has 0 aliphatic heterocycles. The van der Waals surface area contributed by atoms with E-state index in [4.69, 9.17) is 5.73 Å². The van der Waals surface area contributed by atoms with Crippen LogP contribution in [0.3, 0.4) is 0 Å². The molecule has 1 rings (SSSR count). The molecule has 0 heterocycles. The predicted molar refractivity (Wildman–Crippen MR) is 110 cm³/mol. The van der Waals surface area contributed by atoms with Gasteiger partial charge >= 0.3 is 27.7 Å². The molecule has 0 saturated carbocycles. The van der Waals surface area contributed by atoms with Crippen molar-refractivity contribution in [2.24, 2.45) is 5.73 Å². The van der Waals surface area contributed by atoms with E-state index in [-0.39, 0.29) is 7.92 Å². The molecule has 0 aliphatic rings. The molecule has 0 aliphatic carbocycles. The molecule has 0 bridgehead atoms. The fraction of sp³-hybridized carbons (Fsp3) is 0.700. The van der Waals surface area contributed by atoms with Crippen molar-refractivity contribution in [3.63, 3.8) is 0 Å². The van der Waals surface area contributed by atoms with Crippen LogP contribution in [0.25, 0.3) is 0 Å². The summed E-state index contributed by atoms with van der Waals surface area (Å²) in [6.07, 6.45) is 0.931. The topological polar surface area (TPSA) is 26.0 Å². The molecule has 1 aromatic rings. The van der Waals surface area contributed by atoms with Crippen LogP contribution in [0.4, 0.5) is 0 Å². The summed E-state index contributed by atoms with van der Waals surface area (Å²) >= 11 is 2.22. The van der Waals surface area contributed by atoms with Crippen LogP contribution in [-0.2, 0) is 24.6 Å². The van der Waals surface area contributed by atoms with Gasteiger partial charge in [0.05, 0.1) is 0 Å². The van der Waals surface area contributed by atoms with Crippen molar-refractivity contribution in [1.29, 1.82) is 0 Å². The van der Waals surface area contributed by atoms with Crippen molar-refractivity contribution in [3.05, 3.63) is 35.9 Å². The second kappa shape index (κ2) is 12.0. The van der Waals surface area contributed by atoms with E-state index in [2.05, 4.69) is 96.1 Å². The van der Waals surface area contributed by atoms with Gasteiger partial charge < -0.3 is 5.73 Å². The monoisotopic (exact) mass is 463 g/mol. The van der Waals surface area contributed by atoms with Gasteiger partial charge in [-0.15, -0.1) is 0 Å². The fourth-order valence-corrected chi connectivity index (χ4v) is 9.80. The van der Waals surface area contributed by atoms with E-state index in [0.717, 1.165) is 6.42 Å². The summed E-state index contributed by atoms with van der Waals surface area (Å²) in [6.45, 7) is 22.2. The Morgan fingerprint density at radius 2 is 1.33 bits per heavy atom. The molecule has 0 unspecified atom stereocenters. The molecule has 0 saturated heterocycles. The second-order valence-corrected chi connectivity index (χ2v) is 13.5. The summed E-state index contributed by atoms with van der Waals surface area (Å²) in [6, 6.07) is 11.0. The van der Waals surface area contributed by atoms with Gasteiger partial charge in [0.25, 0.3) is 0 Å². The van der Waals surface area contributed by atoms with E-state index in [1.54, 1.807) is 0 Å². The van der Waals surface area contributed by atoms with Gasteiger partial charge in [0.15, 0.2) is 0 Å². The molecule has 0 amide bonds. The summed E-state index contributed by atoms with van der Waals surface area (Å²) in [4.78, 5) is 0. The summed E-state index contributed by atoms with van der Waals surface area (Å²) in [5, 5.41) is 1.35. The number of benzene rings is 1. The minimum atomic E-state index is 0.0162. The molecule has 1 nitrogen and oxygen atoms in total. The molecule has 0 fully saturated rings. The van der Waals surface area contributed by atoms with Gasteiger partial charge in [0, 0.05) is 0 Å². The maximum absolute atomic E-state index is 5.34. The summed E-state index contributed by atoms with van der Waals surface area (Å²) in [7, 11) is 4.51. The number of hydrogen-bond acceptors (Lipinski definition) is 1. The summed E-state index contributed by atoms with van der Waals surface area (Å²) in [5.74, 6) is 0. The van der Waals surface area contributed by atoms with Crippen LogP contribution < -0.4 is 5.73 Å². The third-order valence-corrected chi connectivity index (χ3v) is 7.22. The van der Waals surface area contributed by atoms with Crippen LogP contribution in [-0.4, -0.2) is 22.0 Å². The van der Waals surface area contributed by atoms with Crippen molar-refractivity contribution in [1.82, 2.24) is 0 Å². The Hall–Kier alpha value is 0.562. The molecule has 4 heteroatoms. The Morgan fingerprint density at radius 1 is 0.917 bits per heavy atom. The van der Waals surface area contributed by atoms with Crippen LogP contribution in [0.5, 0.6) is 0 Å². The number of halogens is 1. The summed E-state index contributed by atoms with van der Waals surface area (Å²) < 4.78 is 0. The van der Waals surface area contributed by atoms with Gasteiger partial charge in [-0.3, -0.25) is 0 Å². The Kier molecular flexibility index (Phi) is 13.4. The van der Waals surface area contributed by atoms with Crippen molar-refractivity contribution >= 4 is 17.5 Å². The van der Waals surface area contributed by atoms with Gasteiger partial charge in [-0.25, -0.2) is 0 Å².